The molecule has 2 N–H and O–H groups in total. The molecule has 0 bridgehead atoms. The predicted octanol–water partition coefficient (Wildman–Crippen LogP) is 3.16. The molecule has 222 valence electrons. The molecule has 15 nitrogen and oxygen atoms in total. The molecule has 0 saturated carbocycles. The van der Waals surface area contributed by atoms with Gasteiger partial charge in [0.2, 0.25) is 5.88 Å². The fraction of sp³-hybridized carbons (Fsp3) is 0.370. The van der Waals surface area contributed by atoms with Crippen LogP contribution in [0.5, 0.6) is 11.9 Å². The van der Waals surface area contributed by atoms with Gasteiger partial charge in [0.1, 0.15) is 0 Å². The molecule has 0 saturated heterocycles. The van der Waals surface area contributed by atoms with Gasteiger partial charge in [0.05, 0.1) is 48.7 Å². The monoisotopic (exact) mass is 582 g/mol. The van der Waals surface area contributed by atoms with Crippen molar-refractivity contribution in [1.29, 1.82) is 0 Å². The van der Waals surface area contributed by atoms with E-state index in [1.807, 2.05) is 6.92 Å². The lowest BCUT2D eigenvalue weighted by molar-refractivity contribution is -0.385. The molecule has 4 rings (SSSR count). The van der Waals surface area contributed by atoms with Crippen molar-refractivity contribution < 1.29 is 34.3 Å². The number of nitrogens with zero attached hydrogens (tertiary/aromatic N) is 6. The highest BCUT2D eigenvalue weighted by atomic mass is 16.6. The number of nitro groups is 2. The van der Waals surface area contributed by atoms with E-state index in [0.717, 1.165) is 11.1 Å². The quantitative estimate of drug-likeness (QED) is 0.145. The van der Waals surface area contributed by atoms with Crippen molar-refractivity contribution in [3.05, 3.63) is 86.2 Å². The molecule has 0 unspecified atom stereocenters. The summed E-state index contributed by atoms with van der Waals surface area (Å²) >= 11 is 0. The Morgan fingerprint density at radius 3 is 1.93 bits per heavy atom. The number of ether oxygens (including phenoxy) is 3. The maximum Gasteiger partial charge on any atom is 0.321 e. The van der Waals surface area contributed by atoms with Gasteiger partial charge in [-0.25, -0.2) is 4.98 Å². The average molecular weight is 583 g/mol. The molecule has 0 aliphatic rings. The minimum atomic E-state index is -0.900. The minimum Gasteiger partial charge on any atom is -0.476 e. The molecule has 2 heterocycles. The highest BCUT2D eigenvalue weighted by Gasteiger charge is 2.22. The summed E-state index contributed by atoms with van der Waals surface area (Å²) in [5.41, 5.74) is 2.18. The van der Waals surface area contributed by atoms with Crippen LogP contribution in [0.2, 0.25) is 0 Å². The Morgan fingerprint density at radius 1 is 0.857 bits per heavy atom. The van der Waals surface area contributed by atoms with Crippen LogP contribution in [0.4, 0.5) is 11.4 Å². The summed E-state index contributed by atoms with van der Waals surface area (Å²) in [4.78, 5) is 34.1. The Kier molecular flexibility index (Phi) is 10.3. The van der Waals surface area contributed by atoms with Gasteiger partial charge in [0, 0.05) is 37.1 Å². The number of aromatic nitrogens is 4. The standard InChI is InChI=1S/C27H30N6O9/c1-2-22(15-34)42-23(16-35)31-17-28-24-25(31)29-27(41-14-12-19-5-9-21(10-6-19)33(38)39)30-26(24)40-13-11-18-3-7-20(8-4-18)32(36)37/h3-10,17,22-23,34-35H,2,11-16H2,1H3/t22-,23-/m1/s1. The lowest BCUT2D eigenvalue weighted by Crippen LogP contribution is -2.25. The minimum absolute atomic E-state index is 0.00889. The first-order valence-electron chi connectivity index (χ1n) is 13.2. The Bertz CT molecular complexity index is 1490. The lowest BCUT2D eigenvalue weighted by Gasteiger charge is -2.22. The van der Waals surface area contributed by atoms with E-state index in [9.17, 15) is 30.4 Å². The first-order valence-corrected chi connectivity index (χ1v) is 13.2. The third-order valence-electron chi connectivity index (χ3n) is 6.39. The second-order valence-corrected chi connectivity index (χ2v) is 9.17. The fourth-order valence-electron chi connectivity index (χ4n) is 4.03. The topological polar surface area (TPSA) is 198 Å². The van der Waals surface area contributed by atoms with Gasteiger partial charge in [-0.1, -0.05) is 31.2 Å². The van der Waals surface area contributed by atoms with Crippen LogP contribution in [0, 0.1) is 20.2 Å². The van der Waals surface area contributed by atoms with E-state index in [1.165, 1.54) is 35.2 Å². The summed E-state index contributed by atoms with van der Waals surface area (Å²) in [7, 11) is 0. The zero-order chi connectivity index (χ0) is 30.1. The summed E-state index contributed by atoms with van der Waals surface area (Å²) in [6, 6.07) is 12.2. The van der Waals surface area contributed by atoms with Gasteiger partial charge < -0.3 is 24.4 Å². The van der Waals surface area contributed by atoms with Crippen LogP contribution in [0.15, 0.2) is 54.9 Å². The zero-order valence-corrected chi connectivity index (χ0v) is 22.7. The molecule has 0 fully saturated rings. The van der Waals surface area contributed by atoms with E-state index in [0.29, 0.717) is 24.8 Å². The van der Waals surface area contributed by atoms with Crippen molar-refractivity contribution in [2.24, 2.45) is 0 Å². The van der Waals surface area contributed by atoms with Crippen LogP contribution >= 0.6 is 0 Å². The molecule has 2 aromatic heterocycles. The van der Waals surface area contributed by atoms with Gasteiger partial charge in [-0.2, -0.15) is 9.97 Å². The van der Waals surface area contributed by atoms with Gasteiger partial charge in [-0.15, -0.1) is 0 Å². The van der Waals surface area contributed by atoms with Gasteiger partial charge >= 0.3 is 6.01 Å². The number of aliphatic hydroxyl groups excluding tert-OH is 2. The average Bonchev–Trinajstić information content (AvgIpc) is 3.42. The smallest absolute Gasteiger partial charge is 0.321 e. The van der Waals surface area contributed by atoms with Crippen LogP contribution < -0.4 is 9.47 Å². The van der Waals surface area contributed by atoms with Crippen LogP contribution in [-0.2, 0) is 17.6 Å². The third-order valence-corrected chi connectivity index (χ3v) is 6.39. The molecule has 0 radical (unpaired) electrons. The molecule has 4 aromatic rings. The van der Waals surface area contributed by atoms with E-state index >= 15 is 0 Å². The Balaban J connectivity index is 1.55. The molecule has 0 aliphatic carbocycles. The second-order valence-electron chi connectivity index (χ2n) is 9.17. The molecule has 0 spiro atoms. The van der Waals surface area contributed by atoms with Crippen molar-refractivity contribution in [3.63, 3.8) is 0 Å². The second kappa shape index (κ2) is 14.2. The number of fused-ring (bicyclic) bond motifs is 1. The van der Waals surface area contributed by atoms with Crippen molar-refractivity contribution in [1.82, 2.24) is 19.5 Å². The van der Waals surface area contributed by atoms with Crippen LogP contribution in [0.1, 0.15) is 30.7 Å². The molecule has 0 aliphatic heterocycles. The van der Waals surface area contributed by atoms with Crippen LogP contribution in [0.25, 0.3) is 11.2 Å². The SMILES string of the molecule is CC[C@H](CO)O[C@H](CO)n1cnc2c(OCCc3ccc([N+](=O)[O-])cc3)nc(OCCc3ccc([N+](=O)[O-])cc3)nc21. The molecular formula is C27H30N6O9. The number of aliphatic hydroxyl groups is 2. The first kappa shape index (κ1) is 30.2. The van der Waals surface area contributed by atoms with E-state index in [4.69, 9.17) is 14.2 Å². The number of nitro benzene ring substituents is 2. The van der Waals surface area contributed by atoms with Gasteiger partial charge in [-0.05, 0) is 17.5 Å². The number of hydrogen-bond acceptors (Lipinski definition) is 12. The maximum absolute atomic E-state index is 10.9. The highest BCUT2D eigenvalue weighted by molar-refractivity contribution is 5.76. The summed E-state index contributed by atoms with van der Waals surface area (Å²) in [5.74, 6) is 0.122. The fourth-order valence-corrected chi connectivity index (χ4v) is 4.03. The Labute approximate surface area is 239 Å². The molecule has 2 atom stereocenters. The van der Waals surface area contributed by atoms with Crippen LogP contribution in [0.3, 0.4) is 0 Å². The first-order chi connectivity index (χ1) is 20.3. The molecule has 0 amide bonds. The highest BCUT2D eigenvalue weighted by Crippen LogP contribution is 2.27. The summed E-state index contributed by atoms with van der Waals surface area (Å²) < 4.78 is 19.1. The maximum atomic E-state index is 10.9. The normalized spacial score (nSPS) is 12.6. The lowest BCUT2D eigenvalue weighted by atomic mass is 10.1. The summed E-state index contributed by atoms with van der Waals surface area (Å²) in [5, 5.41) is 41.4. The molecular weight excluding hydrogens is 552 g/mol. The van der Waals surface area contributed by atoms with E-state index in [1.54, 1.807) is 24.3 Å². The van der Waals surface area contributed by atoms with Gasteiger partial charge in [0.25, 0.3) is 11.4 Å². The third kappa shape index (κ3) is 7.51. The molecule has 42 heavy (non-hydrogen) atoms. The van der Waals surface area contributed by atoms with Crippen molar-refractivity contribution >= 4 is 22.5 Å². The largest absolute Gasteiger partial charge is 0.476 e. The predicted molar refractivity (Wildman–Crippen MR) is 148 cm³/mol. The van der Waals surface area contributed by atoms with Crippen molar-refractivity contribution in [2.75, 3.05) is 26.4 Å². The zero-order valence-electron chi connectivity index (χ0n) is 22.7. The van der Waals surface area contributed by atoms with E-state index in [2.05, 4.69) is 15.0 Å². The molecule has 15 heteroatoms. The summed E-state index contributed by atoms with van der Waals surface area (Å²) in [6.45, 7) is 1.52. The number of rotatable bonds is 16. The van der Waals surface area contributed by atoms with Crippen molar-refractivity contribution in [2.45, 2.75) is 38.5 Å². The Hall–Kier alpha value is -4.73. The van der Waals surface area contributed by atoms with E-state index < -0.39 is 28.8 Å². The van der Waals surface area contributed by atoms with Crippen molar-refractivity contribution in [3.8, 4) is 11.9 Å². The van der Waals surface area contributed by atoms with Gasteiger partial charge in [-0.3, -0.25) is 24.8 Å². The van der Waals surface area contributed by atoms with Crippen LogP contribution in [-0.4, -0.2) is 72.1 Å². The number of hydrogen-bond donors (Lipinski definition) is 2. The molecule has 2 aromatic carbocycles. The number of non-ortho nitro benzene ring substituents is 2. The summed E-state index contributed by atoms with van der Waals surface area (Å²) in [6.07, 6.45) is 1.37. The Morgan fingerprint density at radius 2 is 1.43 bits per heavy atom. The number of benzene rings is 2. The van der Waals surface area contributed by atoms with E-state index in [-0.39, 0.29) is 48.7 Å². The number of imidazole rings is 1. The van der Waals surface area contributed by atoms with Gasteiger partial charge in [0.15, 0.2) is 17.4 Å².